The van der Waals surface area contributed by atoms with Gasteiger partial charge in [0.15, 0.2) is 0 Å². The third-order valence-corrected chi connectivity index (χ3v) is 2.77. The Morgan fingerprint density at radius 1 is 1.61 bits per heavy atom. The predicted octanol–water partition coefficient (Wildman–Crippen LogP) is -0.847. The van der Waals surface area contributed by atoms with Crippen molar-refractivity contribution < 1.29 is 4.79 Å². The number of carbonyl (C=O) groups is 1. The van der Waals surface area contributed by atoms with Crippen LogP contribution in [0.15, 0.2) is 20.3 Å². The van der Waals surface area contributed by atoms with Gasteiger partial charge < -0.3 is 11.1 Å². The van der Waals surface area contributed by atoms with Crippen molar-refractivity contribution in [3.63, 3.8) is 0 Å². The molecule has 0 radical (unpaired) electrons. The molecule has 0 aromatic carbocycles. The normalized spacial score (nSPS) is 12.2. The highest BCUT2D eigenvalue weighted by Gasteiger charge is 2.07. The van der Waals surface area contributed by atoms with E-state index < -0.39 is 11.2 Å². The third kappa shape index (κ3) is 4.46. The van der Waals surface area contributed by atoms with Gasteiger partial charge >= 0.3 is 5.69 Å². The zero-order valence-corrected chi connectivity index (χ0v) is 11.5. The number of aromatic amines is 1. The molecule has 1 aromatic rings. The molecule has 0 fully saturated rings. The van der Waals surface area contributed by atoms with Crippen LogP contribution in [0.2, 0.25) is 0 Å². The van der Waals surface area contributed by atoms with Crippen LogP contribution in [-0.2, 0) is 11.3 Å². The maximum atomic E-state index is 11.5. The Bertz CT molecular complexity index is 535. The van der Waals surface area contributed by atoms with Crippen LogP contribution in [-0.4, -0.2) is 28.0 Å². The van der Waals surface area contributed by atoms with Crippen LogP contribution in [0, 0.1) is 0 Å². The molecule has 1 heterocycles. The summed E-state index contributed by atoms with van der Waals surface area (Å²) in [7, 11) is 0. The number of aromatic nitrogens is 2. The lowest BCUT2D eigenvalue weighted by atomic mass is 10.2. The lowest BCUT2D eigenvalue weighted by molar-refractivity contribution is -0.121. The molecule has 0 aliphatic rings. The van der Waals surface area contributed by atoms with Gasteiger partial charge in [-0.1, -0.05) is 0 Å². The number of nitrogens with two attached hydrogens (primary N) is 1. The highest BCUT2D eigenvalue weighted by molar-refractivity contribution is 9.10. The molecule has 1 aromatic heterocycles. The maximum absolute atomic E-state index is 11.5. The molecule has 18 heavy (non-hydrogen) atoms. The smallest absolute Gasteiger partial charge is 0.328 e. The number of rotatable bonds is 5. The number of amides is 1. The molecule has 1 atom stereocenters. The predicted molar refractivity (Wildman–Crippen MR) is 70.3 cm³/mol. The number of hydrogen-bond acceptors (Lipinski definition) is 4. The summed E-state index contributed by atoms with van der Waals surface area (Å²) >= 11 is 2.99. The second kappa shape index (κ2) is 6.50. The average Bonchev–Trinajstić information content (AvgIpc) is 2.25. The zero-order valence-electron chi connectivity index (χ0n) is 9.90. The second-order valence-corrected chi connectivity index (χ2v) is 4.83. The van der Waals surface area contributed by atoms with Gasteiger partial charge in [0, 0.05) is 18.8 Å². The first-order valence-electron chi connectivity index (χ1n) is 5.41. The summed E-state index contributed by atoms with van der Waals surface area (Å²) in [6.07, 6.45) is 1.95. The zero-order chi connectivity index (χ0) is 13.7. The van der Waals surface area contributed by atoms with Crippen LogP contribution in [0.3, 0.4) is 0 Å². The summed E-state index contributed by atoms with van der Waals surface area (Å²) in [6.45, 7) is 2.15. The molecule has 0 bridgehead atoms. The van der Waals surface area contributed by atoms with Crippen molar-refractivity contribution in [3.8, 4) is 0 Å². The van der Waals surface area contributed by atoms with Gasteiger partial charge in [0.05, 0.1) is 4.47 Å². The fourth-order valence-electron chi connectivity index (χ4n) is 1.25. The van der Waals surface area contributed by atoms with Crippen molar-refractivity contribution in [1.29, 1.82) is 0 Å². The van der Waals surface area contributed by atoms with Crippen molar-refractivity contribution in [3.05, 3.63) is 31.5 Å². The minimum atomic E-state index is -0.620. The fourth-order valence-corrected chi connectivity index (χ4v) is 1.60. The Kier molecular flexibility index (Phi) is 5.29. The van der Waals surface area contributed by atoms with Crippen LogP contribution >= 0.6 is 15.9 Å². The van der Waals surface area contributed by atoms with Gasteiger partial charge in [0.1, 0.15) is 6.54 Å². The van der Waals surface area contributed by atoms with Gasteiger partial charge in [0.25, 0.3) is 5.56 Å². The highest BCUT2D eigenvalue weighted by Crippen LogP contribution is 1.97. The Morgan fingerprint density at radius 3 is 2.89 bits per heavy atom. The number of nitrogens with one attached hydrogen (secondary N) is 2. The van der Waals surface area contributed by atoms with E-state index in [4.69, 9.17) is 5.73 Å². The monoisotopic (exact) mass is 318 g/mol. The first kappa shape index (κ1) is 14.7. The summed E-state index contributed by atoms with van der Waals surface area (Å²) < 4.78 is 1.32. The molecule has 0 spiro atoms. The minimum absolute atomic E-state index is 0.00949. The van der Waals surface area contributed by atoms with Crippen molar-refractivity contribution in [2.45, 2.75) is 25.9 Å². The van der Waals surface area contributed by atoms with Crippen LogP contribution in [0.1, 0.15) is 13.3 Å². The van der Waals surface area contributed by atoms with Crippen molar-refractivity contribution in [2.24, 2.45) is 5.73 Å². The van der Waals surface area contributed by atoms with Gasteiger partial charge in [-0.15, -0.1) is 0 Å². The van der Waals surface area contributed by atoms with E-state index >= 15 is 0 Å². The van der Waals surface area contributed by atoms with E-state index in [2.05, 4.69) is 26.2 Å². The van der Waals surface area contributed by atoms with Crippen molar-refractivity contribution in [1.82, 2.24) is 14.9 Å². The molecule has 0 saturated heterocycles. The molecule has 7 nitrogen and oxygen atoms in total. The van der Waals surface area contributed by atoms with Gasteiger partial charge in [0.2, 0.25) is 5.91 Å². The van der Waals surface area contributed by atoms with E-state index in [1.807, 2.05) is 6.92 Å². The van der Waals surface area contributed by atoms with Crippen LogP contribution in [0.4, 0.5) is 0 Å². The SMILES string of the molecule is CC(N)CCNC(=O)Cn1cc(Br)c(=O)[nH]c1=O. The van der Waals surface area contributed by atoms with Gasteiger partial charge in [-0.2, -0.15) is 0 Å². The van der Waals surface area contributed by atoms with Crippen LogP contribution in [0.5, 0.6) is 0 Å². The molecule has 1 unspecified atom stereocenters. The topological polar surface area (TPSA) is 110 Å². The fraction of sp³-hybridized carbons (Fsp3) is 0.500. The van der Waals surface area contributed by atoms with E-state index in [-0.39, 0.29) is 23.0 Å². The first-order valence-corrected chi connectivity index (χ1v) is 6.21. The molecule has 1 amide bonds. The Labute approximate surface area is 112 Å². The summed E-state index contributed by atoms with van der Waals surface area (Å²) in [6, 6.07) is 0.00949. The van der Waals surface area contributed by atoms with Crippen molar-refractivity contribution >= 4 is 21.8 Å². The van der Waals surface area contributed by atoms with E-state index in [1.54, 1.807) is 0 Å². The molecule has 0 aliphatic heterocycles. The Morgan fingerprint density at radius 2 is 2.28 bits per heavy atom. The van der Waals surface area contributed by atoms with Crippen molar-refractivity contribution in [2.75, 3.05) is 6.54 Å². The largest absolute Gasteiger partial charge is 0.354 e. The number of H-pyrrole nitrogens is 1. The summed E-state index contributed by atoms with van der Waals surface area (Å²) in [5, 5.41) is 2.64. The van der Waals surface area contributed by atoms with E-state index in [9.17, 15) is 14.4 Å². The van der Waals surface area contributed by atoms with E-state index in [1.165, 1.54) is 6.20 Å². The molecular formula is C10H15BrN4O3. The lowest BCUT2D eigenvalue weighted by Crippen LogP contribution is -2.37. The molecule has 0 saturated carbocycles. The molecular weight excluding hydrogens is 304 g/mol. The minimum Gasteiger partial charge on any atom is -0.354 e. The summed E-state index contributed by atoms with van der Waals surface area (Å²) in [5.74, 6) is -0.309. The second-order valence-electron chi connectivity index (χ2n) is 3.98. The first-order chi connectivity index (χ1) is 8.40. The Balaban J connectivity index is 2.62. The maximum Gasteiger partial charge on any atom is 0.328 e. The van der Waals surface area contributed by atoms with Gasteiger partial charge in [-0.3, -0.25) is 19.1 Å². The quantitative estimate of drug-likeness (QED) is 0.657. The molecule has 4 N–H and O–H groups in total. The Hall–Kier alpha value is -1.41. The molecule has 8 heteroatoms. The number of halogens is 1. The van der Waals surface area contributed by atoms with Gasteiger partial charge in [-0.05, 0) is 29.3 Å². The standard InChI is InChI=1S/C10H15BrN4O3/c1-6(12)2-3-13-8(16)5-15-4-7(11)9(17)14-10(15)18/h4,6H,2-3,5,12H2,1H3,(H,13,16)(H,14,17,18). The van der Waals surface area contributed by atoms with Crippen LogP contribution in [0.25, 0.3) is 0 Å². The third-order valence-electron chi connectivity index (χ3n) is 2.20. The molecule has 1 rings (SSSR count). The number of nitrogens with zero attached hydrogens (tertiary/aromatic N) is 1. The van der Waals surface area contributed by atoms with Gasteiger partial charge in [-0.25, -0.2) is 4.79 Å². The summed E-state index contributed by atoms with van der Waals surface area (Å²) in [4.78, 5) is 36.1. The highest BCUT2D eigenvalue weighted by atomic mass is 79.9. The number of carbonyl (C=O) groups excluding carboxylic acids is 1. The van der Waals surface area contributed by atoms with E-state index in [0.717, 1.165) is 4.57 Å². The van der Waals surface area contributed by atoms with Crippen LogP contribution < -0.4 is 22.3 Å². The lowest BCUT2D eigenvalue weighted by Gasteiger charge is -2.08. The number of hydrogen-bond donors (Lipinski definition) is 3. The molecule has 0 aliphatic carbocycles. The average molecular weight is 319 g/mol. The molecule has 100 valence electrons. The van der Waals surface area contributed by atoms with E-state index in [0.29, 0.717) is 13.0 Å². The summed E-state index contributed by atoms with van der Waals surface area (Å²) in [5.41, 5.74) is 4.40.